The Morgan fingerprint density at radius 2 is 1.95 bits per heavy atom. The van der Waals surface area contributed by atoms with E-state index in [0.717, 1.165) is 51.1 Å². The minimum absolute atomic E-state index is 0.00388. The zero-order valence-electron chi connectivity index (χ0n) is 20.9. The maximum Gasteiger partial charge on any atom is 0.417 e. The molecule has 0 bridgehead atoms. The van der Waals surface area contributed by atoms with Crippen LogP contribution in [0.2, 0.25) is 0 Å². The number of alkyl halides is 3. The highest BCUT2D eigenvalue weighted by molar-refractivity contribution is 5.82. The van der Waals surface area contributed by atoms with E-state index in [9.17, 15) is 18.0 Å². The van der Waals surface area contributed by atoms with E-state index >= 15 is 0 Å². The lowest BCUT2D eigenvalue weighted by atomic mass is 9.98. The second kappa shape index (κ2) is 10.8. The van der Waals surface area contributed by atoms with Crippen LogP contribution < -0.4 is 10.3 Å². The minimum atomic E-state index is -4.67. The first-order valence-electron chi connectivity index (χ1n) is 12.7. The molecule has 3 heterocycles. The molecule has 1 saturated carbocycles. The quantitative estimate of drug-likeness (QED) is 0.250. The molecule has 1 aromatic carbocycles. The molecule has 0 aliphatic heterocycles. The number of halogens is 3. The highest BCUT2D eigenvalue weighted by atomic mass is 19.4. The Bertz CT molecular complexity index is 1440. The summed E-state index contributed by atoms with van der Waals surface area (Å²) < 4.78 is 49.9. The third kappa shape index (κ3) is 5.79. The minimum Gasteiger partial charge on any atom is -0.494 e. The third-order valence-electron chi connectivity index (χ3n) is 6.51. The summed E-state index contributed by atoms with van der Waals surface area (Å²) in [7, 11) is 0. The third-order valence-corrected chi connectivity index (χ3v) is 6.51. The maximum absolute atomic E-state index is 14.2. The van der Waals surface area contributed by atoms with Crippen molar-refractivity contribution in [2.24, 2.45) is 5.92 Å². The van der Waals surface area contributed by atoms with Crippen molar-refractivity contribution < 1.29 is 17.9 Å². The number of nitrogens with one attached hydrogen (secondary N) is 2. The molecular formula is C26H28F3N7O2. The molecule has 0 amide bonds. The number of aromatic nitrogens is 7. The lowest BCUT2D eigenvalue weighted by Crippen LogP contribution is -2.15. The number of unbranched alkanes of at least 4 members (excludes halogenated alkanes) is 3. The number of ether oxygens (including phenoxy) is 1. The van der Waals surface area contributed by atoms with E-state index in [-0.39, 0.29) is 28.4 Å². The predicted octanol–water partition coefficient (Wildman–Crippen LogP) is 5.47. The molecule has 0 unspecified atom stereocenters. The van der Waals surface area contributed by atoms with Crippen LogP contribution in [0.15, 0.2) is 41.3 Å². The van der Waals surface area contributed by atoms with Crippen LogP contribution in [0.25, 0.3) is 33.9 Å². The number of benzene rings is 1. The molecule has 38 heavy (non-hydrogen) atoms. The molecule has 0 radical (unpaired) electrons. The first-order chi connectivity index (χ1) is 18.3. The molecule has 0 spiro atoms. The van der Waals surface area contributed by atoms with E-state index in [1.165, 1.54) is 18.2 Å². The summed E-state index contributed by atoms with van der Waals surface area (Å²) in [5.74, 6) is 0.714. The smallest absolute Gasteiger partial charge is 0.417 e. The van der Waals surface area contributed by atoms with Crippen molar-refractivity contribution in [3.8, 4) is 39.7 Å². The van der Waals surface area contributed by atoms with Crippen LogP contribution in [-0.2, 0) is 12.7 Å². The number of H-pyrrole nitrogens is 2. The number of tetrazole rings is 1. The van der Waals surface area contributed by atoms with Gasteiger partial charge in [-0.2, -0.15) is 23.5 Å². The molecule has 200 valence electrons. The molecule has 1 fully saturated rings. The zero-order chi connectivity index (χ0) is 26.7. The summed E-state index contributed by atoms with van der Waals surface area (Å²) in [6.07, 6.45) is 3.21. The summed E-state index contributed by atoms with van der Waals surface area (Å²) in [4.78, 5) is 15.8. The lowest BCUT2D eigenvalue weighted by molar-refractivity contribution is -0.137. The molecule has 5 rings (SSSR count). The van der Waals surface area contributed by atoms with Gasteiger partial charge >= 0.3 is 6.18 Å². The van der Waals surface area contributed by atoms with Crippen molar-refractivity contribution in [3.05, 3.63) is 52.4 Å². The summed E-state index contributed by atoms with van der Waals surface area (Å²) in [6, 6.07) is 6.99. The van der Waals surface area contributed by atoms with Crippen molar-refractivity contribution in [1.29, 1.82) is 0 Å². The first kappa shape index (κ1) is 25.7. The number of hydrogen-bond acceptors (Lipinski definition) is 6. The Kier molecular flexibility index (Phi) is 7.30. The molecule has 0 saturated heterocycles. The largest absolute Gasteiger partial charge is 0.494 e. The number of hydrogen-bond donors (Lipinski definition) is 2. The van der Waals surface area contributed by atoms with Gasteiger partial charge in [0.2, 0.25) is 5.82 Å². The van der Waals surface area contributed by atoms with Gasteiger partial charge in [-0.25, -0.2) is 0 Å². The van der Waals surface area contributed by atoms with Gasteiger partial charge in [-0.3, -0.25) is 9.48 Å². The van der Waals surface area contributed by atoms with E-state index in [1.54, 1.807) is 16.9 Å². The molecule has 3 aromatic heterocycles. The molecule has 9 nitrogen and oxygen atoms in total. The van der Waals surface area contributed by atoms with E-state index < -0.39 is 17.3 Å². The van der Waals surface area contributed by atoms with Crippen LogP contribution in [0.4, 0.5) is 13.2 Å². The fourth-order valence-electron chi connectivity index (χ4n) is 4.37. The Morgan fingerprint density at radius 1 is 1.11 bits per heavy atom. The molecular weight excluding hydrogens is 499 g/mol. The summed E-state index contributed by atoms with van der Waals surface area (Å²) in [5.41, 5.74) is -0.930. The average molecular weight is 528 g/mol. The number of pyridine rings is 1. The second-order valence-corrected chi connectivity index (χ2v) is 9.52. The van der Waals surface area contributed by atoms with Crippen LogP contribution >= 0.6 is 0 Å². The standard InChI is InChI=1S/C26H28F3N7O2/c1-2-3-4-5-12-38-17-8-9-18(20(13-17)26(27,28)29)22-14-19(21-10-11-36(33-21)15-16-6-7-16)23(25(37)30-22)24-31-34-35-32-24/h8-11,13-14,16H,2-7,12,15H2,1H3,(H,30,37)(H,31,32,34,35). The average Bonchev–Trinajstić information content (AvgIpc) is 3.32. The fourth-order valence-corrected chi connectivity index (χ4v) is 4.37. The van der Waals surface area contributed by atoms with Crippen LogP contribution in [0.1, 0.15) is 51.0 Å². The normalized spacial score (nSPS) is 13.7. The molecule has 1 aliphatic carbocycles. The molecule has 0 atom stereocenters. The van der Waals surface area contributed by atoms with Gasteiger partial charge in [0.15, 0.2) is 0 Å². The van der Waals surface area contributed by atoms with Gasteiger partial charge in [0.25, 0.3) is 5.56 Å². The molecule has 1 aliphatic rings. The fraction of sp³-hybridized carbons (Fsp3) is 0.423. The number of rotatable bonds is 11. The SMILES string of the molecule is CCCCCCOc1ccc(-c2cc(-c3ccn(CC4CC4)n3)c(-c3nn[nH]n3)c(=O)[nH]2)c(C(F)(F)F)c1. The van der Waals surface area contributed by atoms with Gasteiger partial charge < -0.3 is 9.72 Å². The van der Waals surface area contributed by atoms with Crippen molar-refractivity contribution >= 4 is 0 Å². The van der Waals surface area contributed by atoms with Gasteiger partial charge in [-0.15, -0.1) is 10.2 Å². The zero-order valence-corrected chi connectivity index (χ0v) is 20.9. The number of nitrogens with zero attached hydrogens (tertiary/aromatic N) is 5. The van der Waals surface area contributed by atoms with Crippen LogP contribution in [0.5, 0.6) is 5.75 Å². The number of aromatic amines is 2. The Hall–Kier alpha value is -3.96. The van der Waals surface area contributed by atoms with Crippen molar-refractivity contribution in [2.45, 2.75) is 58.2 Å². The highest BCUT2D eigenvalue weighted by Crippen LogP contribution is 2.40. The van der Waals surface area contributed by atoms with E-state index in [4.69, 9.17) is 4.74 Å². The molecule has 12 heteroatoms. The van der Waals surface area contributed by atoms with Crippen LogP contribution in [0, 0.1) is 5.92 Å². The first-order valence-corrected chi connectivity index (χ1v) is 12.7. The maximum atomic E-state index is 14.2. The van der Waals surface area contributed by atoms with E-state index in [1.807, 2.05) is 0 Å². The monoisotopic (exact) mass is 527 g/mol. The summed E-state index contributed by atoms with van der Waals surface area (Å²) in [5, 5.41) is 18.3. The lowest BCUT2D eigenvalue weighted by Gasteiger charge is -2.16. The van der Waals surface area contributed by atoms with Crippen LogP contribution in [-0.4, -0.2) is 42.0 Å². The van der Waals surface area contributed by atoms with Crippen LogP contribution in [0.3, 0.4) is 0 Å². The topological polar surface area (TPSA) is 114 Å². The van der Waals surface area contributed by atoms with Crippen molar-refractivity contribution in [2.75, 3.05) is 6.61 Å². The summed E-state index contributed by atoms with van der Waals surface area (Å²) >= 11 is 0. The van der Waals surface area contributed by atoms with Crippen molar-refractivity contribution in [3.63, 3.8) is 0 Å². The Morgan fingerprint density at radius 3 is 2.66 bits per heavy atom. The van der Waals surface area contributed by atoms with Gasteiger partial charge in [-0.1, -0.05) is 26.2 Å². The molecule has 4 aromatic rings. The van der Waals surface area contributed by atoms with Gasteiger partial charge in [0.05, 0.1) is 23.4 Å². The predicted molar refractivity (Wildman–Crippen MR) is 134 cm³/mol. The van der Waals surface area contributed by atoms with Gasteiger partial charge in [0, 0.05) is 29.6 Å². The second-order valence-electron chi connectivity index (χ2n) is 9.52. The van der Waals surface area contributed by atoms with E-state index in [0.29, 0.717) is 23.8 Å². The Balaban J connectivity index is 1.55. The van der Waals surface area contributed by atoms with Crippen molar-refractivity contribution in [1.82, 2.24) is 35.4 Å². The Labute approximate surface area is 216 Å². The highest BCUT2D eigenvalue weighted by Gasteiger charge is 2.35. The summed E-state index contributed by atoms with van der Waals surface area (Å²) in [6.45, 7) is 3.16. The van der Waals surface area contributed by atoms with Gasteiger partial charge in [-0.05, 0) is 60.7 Å². The molecule has 2 N–H and O–H groups in total. The van der Waals surface area contributed by atoms with E-state index in [2.05, 4.69) is 37.6 Å². The van der Waals surface area contributed by atoms with Gasteiger partial charge in [0.1, 0.15) is 5.75 Å².